The molecule has 3 aromatic rings. The topological polar surface area (TPSA) is 83.5 Å². The molecule has 0 saturated heterocycles. The number of hydrogen-bond donors (Lipinski definition) is 2. The Morgan fingerprint density at radius 1 is 0.844 bits per heavy atom. The fourth-order valence-corrected chi connectivity index (χ4v) is 3.53. The van der Waals surface area contributed by atoms with Gasteiger partial charge in [0.2, 0.25) is 5.91 Å². The van der Waals surface area contributed by atoms with Crippen molar-refractivity contribution in [3.05, 3.63) is 90.0 Å². The molecule has 0 fully saturated rings. The first-order valence-corrected chi connectivity index (χ1v) is 10.8. The van der Waals surface area contributed by atoms with E-state index in [4.69, 9.17) is 0 Å². The number of carbonyl (C=O) groups is 3. The predicted octanol–water partition coefficient (Wildman–Crippen LogP) is 5.61. The number of carboxylic acid groups (broad SMARTS) is 1. The Labute approximate surface area is 188 Å². The van der Waals surface area contributed by atoms with Crippen molar-refractivity contribution in [1.29, 1.82) is 0 Å². The van der Waals surface area contributed by atoms with Crippen molar-refractivity contribution in [3.63, 3.8) is 0 Å². The van der Waals surface area contributed by atoms with Gasteiger partial charge in [-0.3, -0.25) is 14.4 Å². The highest BCUT2D eigenvalue weighted by atomic mass is 16.4. The Kier molecular flexibility index (Phi) is 7.92. The molecule has 0 radical (unpaired) electrons. The van der Waals surface area contributed by atoms with E-state index in [9.17, 15) is 19.5 Å². The van der Waals surface area contributed by atoms with E-state index in [-0.39, 0.29) is 18.1 Å². The number of rotatable bonds is 10. The lowest BCUT2D eigenvalue weighted by Crippen LogP contribution is -2.20. The van der Waals surface area contributed by atoms with Gasteiger partial charge in [0.05, 0.1) is 5.92 Å². The summed E-state index contributed by atoms with van der Waals surface area (Å²) in [6, 6.07) is 24.0. The van der Waals surface area contributed by atoms with Crippen LogP contribution in [0.1, 0.15) is 42.1 Å². The summed E-state index contributed by atoms with van der Waals surface area (Å²) in [4.78, 5) is 36.1. The van der Waals surface area contributed by atoms with E-state index in [0.29, 0.717) is 18.4 Å². The van der Waals surface area contributed by atoms with Crippen LogP contribution in [0.15, 0.2) is 78.9 Å². The van der Waals surface area contributed by atoms with Gasteiger partial charge in [-0.25, -0.2) is 0 Å². The average molecular weight is 430 g/mol. The molecule has 0 aromatic heterocycles. The van der Waals surface area contributed by atoms with Gasteiger partial charge in [-0.2, -0.15) is 0 Å². The summed E-state index contributed by atoms with van der Waals surface area (Å²) in [7, 11) is 0. The molecule has 3 rings (SSSR count). The van der Waals surface area contributed by atoms with Crippen LogP contribution < -0.4 is 5.32 Å². The van der Waals surface area contributed by atoms with E-state index in [0.717, 1.165) is 28.8 Å². The van der Waals surface area contributed by atoms with Crippen LogP contribution in [0, 0.1) is 5.92 Å². The Balaban J connectivity index is 1.64. The quantitative estimate of drug-likeness (QED) is 0.411. The summed E-state index contributed by atoms with van der Waals surface area (Å²) in [5, 5.41) is 12.4. The third-order valence-corrected chi connectivity index (χ3v) is 5.29. The number of Topliss-reactive ketones (excluding diaryl/α,β-unsaturated/α-hetero) is 1. The molecule has 5 nitrogen and oxygen atoms in total. The van der Waals surface area contributed by atoms with Gasteiger partial charge in [-0.1, -0.05) is 73.7 Å². The van der Waals surface area contributed by atoms with E-state index < -0.39 is 11.9 Å². The number of nitrogens with one attached hydrogen (secondary N) is 1. The lowest BCUT2D eigenvalue weighted by Gasteiger charge is -2.12. The standard InChI is InChI=1S/C27H27NO4/c1-2-6-26(30)28-24-15-13-21(14-16-24)20-9-11-22(12-10-20)25(29)18-23(27(31)32)17-19-7-4-3-5-8-19/h3-5,7-16,23H,2,6,17-18H2,1H3,(H,28,30)(H,31,32). The van der Waals surface area contributed by atoms with Crippen LogP contribution in [-0.4, -0.2) is 22.8 Å². The van der Waals surface area contributed by atoms with E-state index in [1.165, 1.54) is 0 Å². The molecule has 1 unspecified atom stereocenters. The summed E-state index contributed by atoms with van der Waals surface area (Å²) >= 11 is 0. The Bertz CT molecular complexity index is 1060. The van der Waals surface area contributed by atoms with Gasteiger partial charge in [0.25, 0.3) is 0 Å². The molecular weight excluding hydrogens is 402 g/mol. The van der Waals surface area contributed by atoms with E-state index in [2.05, 4.69) is 5.32 Å². The summed E-state index contributed by atoms with van der Waals surface area (Å²) < 4.78 is 0. The molecule has 0 heterocycles. The minimum Gasteiger partial charge on any atom is -0.481 e. The van der Waals surface area contributed by atoms with Gasteiger partial charge >= 0.3 is 5.97 Å². The molecule has 5 heteroatoms. The molecule has 32 heavy (non-hydrogen) atoms. The maximum atomic E-state index is 12.7. The molecule has 0 aliphatic carbocycles. The van der Waals surface area contributed by atoms with Crippen molar-refractivity contribution in [2.75, 3.05) is 5.32 Å². The normalized spacial score (nSPS) is 11.5. The molecular formula is C27H27NO4. The summed E-state index contributed by atoms with van der Waals surface area (Å²) in [5.74, 6) is -1.92. The Morgan fingerprint density at radius 2 is 1.44 bits per heavy atom. The smallest absolute Gasteiger partial charge is 0.307 e. The van der Waals surface area contributed by atoms with E-state index in [1.54, 1.807) is 12.1 Å². The van der Waals surface area contributed by atoms with Gasteiger partial charge in [-0.05, 0) is 41.7 Å². The number of benzene rings is 3. The van der Waals surface area contributed by atoms with Gasteiger partial charge in [0.15, 0.2) is 5.78 Å². The number of carbonyl (C=O) groups excluding carboxylic acids is 2. The number of ketones is 1. The van der Waals surface area contributed by atoms with Crippen molar-refractivity contribution in [2.45, 2.75) is 32.6 Å². The highest BCUT2D eigenvalue weighted by Crippen LogP contribution is 2.23. The molecule has 0 bridgehead atoms. The zero-order valence-corrected chi connectivity index (χ0v) is 18.1. The van der Waals surface area contributed by atoms with Crippen LogP contribution in [0.3, 0.4) is 0 Å². The van der Waals surface area contributed by atoms with Crippen LogP contribution in [-0.2, 0) is 16.0 Å². The number of anilines is 1. The second kappa shape index (κ2) is 11.0. The minimum absolute atomic E-state index is 0.00459. The first-order valence-electron chi connectivity index (χ1n) is 10.8. The number of carboxylic acids is 1. The van der Waals surface area contributed by atoms with Gasteiger partial charge in [0.1, 0.15) is 0 Å². The van der Waals surface area contributed by atoms with Gasteiger partial charge in [-0.15, -0.1) is 0 Å². The first-order chi connectivity index (χ1) is 15.5. The third kappa shape index (κ3) is 6.38. The molecule has 2 N–H and O–H groups in total. The average Bonchev–Trinajstić information content (AvgIpc) is 2.80. The zero-order chi connectivity index (χ0) is 22.9. The summed E-state index contributed by atoms with van der Waals surface area (Å²) in [6.07, 6.45) is 1.57. The first kappa shape index (κ1) is 22.9. The molecule has 0 saturated carbocycles. The molecule has 1 atom stereocenters. The summed E-state index contributed by atoms with van der Waals surface area (Å²) in [5.41, 5.74) is 4.04. The van der Waals surface area contributed by atoms with Crippen LogP contribution in [0.2, 0.25) is 0 Å². The monoisotopic (exact) mass is 429 g/mol. The number of amides is 1. The molecule has 0 aliphatic heterocycles. The highest BCUT2D eigenvalue weighted by molar-refractivity contribution is 5.98. The Hall–Kier alpha value is -3.73. The fraction of sp³-hybridized carbons (Fsp3) is 0.222. The van der Waals surface area contributed by atoms with Crippen molar-refractivity contribution in [2.24, 2.45) is 5.92 Å². The maximum absolute atomic E-state index is 12.7. The predicted molar refractivity (Wildman–Crippen MR) is 126 cm³/mol. The number of hydrogen-bond acceptors (Lipinski definition) is 3. The SMILES string of the molecule is CCCC(=O)Nc1ccc(-c2ccc(C(=O)CC(Cc3ccccc3)C(=O)O)cc2)cc1. The zero-order valence-electron chi connectivity index (χ0n) is 18.1. The van der Waals surface area contributed by atoms with Crippen molar-refractivity contribution in [3.8, 4) is 11.1 Å². The van der Waals surface area contributed by atoms with Gasteiger partial charge < -0.3 is 10.4 Å². The fourth-order valence-electron chi connectivity index (χ4n) is 3.53. The highest BCUT2D eigenvalue weighted by Gasteiger charge is 2.22. The largest absolute Gasteiger partial charge is 0.481 e. The molecule has 1 amide bonds. The molecule has 0 spiro atoms. The summed E-state index contributed by atoms with van der Waals surface area (Å²) in [6.45, 7) is 1.96. The van der Waals surface area contributed by atoms with Crippen LogP contribution in [0.25, 0.3) is 11.1 Å². The minimum atomic E-state index is -0.968. The van der Waals surface area contributed by atoms with Crippen molar-refractivity contribution >= 4 is 23.3 Å². The van der Waals surface area contributed by atoms with Crippen molar-refractivity contribution in [1.82, 2.24) is 0 Å². The third-order valence-electron chi connectivity index (χ3n) is 5.29. The second-order valence-electron chi connectivity index (χ2n) is 7.81. The lowest BCUT2D eigenvalue weighted by molar-refractivity contribution is -0.141. The van der Waals surface area contributed by atoms with Gasteiger partial charge in [0, 0.05) is 24.1 Å². The van der Waals surface area contributed by atoms with Crippen LogP contribution >= 0.6 is 0 Å². The lowest BCUT2D eigenvalue weighted by atomic mass is 9.91. The van der Waals surface area contributed by atoms with Crippen LogP contribution in [0.5, 0.6) is 0 Å². The molecule has 164 valence electrons. The van der Waals surface area contributed by atoms with E-state index >= 15 is 0 Å². The molecule has 3 aromatic carbocycles. The van der Waals surface area contributed by atoms with Crippen molar-refractivity contribution < 1.29 is 19.5 Å². The van der Waals surface area contributed by atoms with Crippen LogP contribution in [0.4, 0.5) is 5.69 Å². The number of aliphatic carboxylic acids is 1. The van der Waals surface area contributed by atoms with E-state index in [1.807, 2.05) is 73.7 Å². The Morgan fingerprint density at radius 3 is 2.00 bits per heavy atom. The second-order valence-corrected chi connectivity index (χ2v) is 7.81. The molecule has 0 aliphatic rings. The maximum Gasteiger partial charge on any atom is 0.307 e.